The van der Waals surface area contributed by atoms with E-state index in [4.69, 9.17) is 0 Å². The van der Waals surface area contributed by atoms with Gasteiger partial charge < -0.3 is 0 Å². The first-order chi connectivity index (χ1) is 9.67. The second kappa shape index (κ2) is 7.55. The van der Waals surface area contributed by atoms with Crippen LogP contribution in [0.5, 0.6) is 0 Å². The number of benzene rings is 1. The summed E-state index contributed by atoms with van der Waals surface area (Å²) in [7, 11) is 0. The van der Waals surface area contributed by atoms with E-state index in [1.165, 1.54) is 20.3 Å². The van der Waals surface area contributed by atoms with Gasteiger partial charge in [0.15, 0.2) is 0 Å². The lowest BCUT2D eigenvalue weighted by Gasteiger charge is -2.07. The summed E-state index contributed by atoms with van der Waals surface area (Å²) in [5.74, 6) is 0. The molecule has 0 fully saturated rings. The Morgan fingerprint density at radius 1 is 1.00 bits per heavy atom. The maximum atomic E-state index is 4.36. The number of pyridine rings is 1. The van der Waals surface area contributed by atoms with Gasteiger partial charge in [-0.25, -0.2) is 4.98 Å². The van der Waals surface area contributed by atoms with Gasteiger partial charge in [-0.2, -0.15) is 0 Å². The van der Waals surface area contributed by atoms with Crippen molar-refractivity contribution in [2.45, 2.75) is 40.0 Å². The highest BCUT2D eigenvalue weighted by Gasteiger charge is 2.24. The van der Waals surface area contributed by atoms with Crippen molar-refractivity contribution in [3.63, 3.8) is 0 Å². The van der Waals surface area contributed by atoms with E-state index in [1.807, 2.05) is 12.3 Å². The minimum Gasteiger partial charge on any atom is -0.245 e. The van der Waals surface area contributed by atoms with Crippen LogP contribution in [0.4, 0.5) is 0 Å². The number of aryl methyl sites for hydroxylation is 3. The topological polar surface area (TPSA) is 12.9 Å². The summed E-state index contributed by atoms with van der Waals surface area (Å²) >= 11 is 3.27. The summed E-state index contributed by atoms with van der Waals surface area (Å²) in [5, 5.41) is 0. The Morgan fingerprint density at radius 2 is 1.65 bits per heavy atom. The second-order valence-electron chi connectivity index (χ2n) is 4.68. The zero-order valence-corrected chi connectivity index (χ0v) is 16.0. The molecule has 0 N–H and O–H groups in total. The molecule has 2 aromatic rings. The van der Waals surface area contributed by atoms with Crippen molar-refractivity contribution in [2.75, 3.05) is 0 Å². The fourth-order valence-corrected chi connectivity index (χ4v) is 5.45. The Bertz CT molecular complexity index is 553. The van der Waals surface area contributed by atoms with E-state index in [9.17, 15) is 0 Å². The predicted molar refractivity (Wildman–Crippen MR) is 83.9 cm³/mol. The fourth-order valence-electron chi connectivity index (χ4n) is 2.19. The molecular weight excluding hydrogens is 425 g/mol. The Labute approximate surface area is 140 Å². The number of rotatable bonds is 5. The number of nitrogens with zero attached hydrogens (tertiary/aromatic N) is 1. The van der Waals surface area contributed by atoms with Gasteiger partial charge in [0.1, 0.15) is 4.60 Å². The van der Waals surface area contributed by atoms with E-state index >= 15 is 0 Å². The van der Waals surface area contributed by atoms with E-state index in [-0.39, 0.29) is 21.2 Å². The molecule has 0 radical (unpaired) electrons. The van der Waals surface area contributed by atoms with Gasteiger partial charge in [0.2, 0.25) is 7.14 Å². The highest BCUT2D eigenvalue weighted by Crippen LogP contribution is 2.13. The smallest absolute Gasteiger partial charge is 0.245 e. The zero-order chi connectivity index (χ0) is 14.5. The molecule has 3 heteroatoms. The van der Waals surface area contributed by atoms with Crippen molar-refractivity contribution in [3.05, 3.63) is 58.9 Å². The summed E-state index contributed by atoms with van der Waals surface area (Å²) in [4.78, 5) is 4.36. The predicted octanol–water partition coefficient (Wildman–Crippen LogP) is 1.66. The van der Waals surface area contributed by atoms with Crippen molar-refractivity contribution in [3.8, 4) is 0 Å². The molecule has 0 aliphatic carbocycles. The molecule has 0 saturated carbocycles. The summed E-state index contributed by atoms with van der Waals surface area (Å²) < 4.78 is 3.91. The minimum absolute atomic E-state index is 0.142. The van der Waals surface area contributed by atoms with Crippen LogP contribution in [0.25, 0.3) is 0 Å². The first-order valence-corrected chi connectivity index (χ1v) is 10.0. The van der Waals surface area contributed by atoms with Crippen LogP contribution >= 0.6 is 15.9 Å². The Kier molecular flexibility index (Phi) is 6.02. The van der Waals surface area contributed by atoms with Gasteiger partial charge in [0.25, 0.3) is 0 Å². The van der Waals surface area contributed by atoms with Crippen LogP contribution in [0.15, 0.2) is 35.1 Å². The van der Waals surface area contributed by atoms with Gasteiger partial charge in [0, 0.05) is 11.1 Å². The van der Waals surface area contributed by atoms with Gasteiger partial charge in [-0.1, -0.05) is 32.9 Å². The van der Waals surface area contributed by atoms with Crippen molar-refractivity contribution >= 4 is 15.9 Å². The molecule has 106 valence electrons. The molecule has 1 aromatic heterocycles. The molecule has 0 aliphatic heterocycles. The average Bonchev–Trinajstić information content (AvgIpc) is 2.49. The van der Waals surface area contributed by atoms with Crippen LogP contribution in [0.2, 0.25) is 0 Å². The van der Waals surface area contributed by atoms with E-state index in [1.54, 1.807) is 3.57 Å². The first kappa shape index (κ1) is 16.0. The van der Waals surface area contributed by atoms with Crippen molar-refractivity contribution < 1.29 is 21.2 Å². The summed E-state index contributed by atoms with van der Waals surface area (Å²) in [6.07, 6.45) is 5.39. The number of aromatic nitrogens is 1. The Morgan fingerprint density at radius 3 is 2.10 bits per heavy atom. The second-order valence-corrected chi connectivity index (χ2v) is 8.36. The van der Waals surface area contributed by atoms with E-state index in [0.29, 0.717) is 0 Å². The standard InChI is InChI=1S/C17H20BrIN/c1-4-12-9-13(5-2)17(14(6-3)10-12)19-15-7-8-16(18)20-11-15/h7-11H,4-6H2,1-3H3/q+1. The lowest BCUT2D eigenvalue weighted by Crippen LogP contribution is -3.62. The highest BCUT2D eigenvalue weighted by atomic mass is 127. The molecule has 20 heavy (non-hydrogen) atoms. The van der Waals surface area contributed by atoms with Crippen LogP contribution in [0, 0.1) is 7.14 Å². The van der Waals surface area contributed by atoms with Crippen LogP contribution in [0.1, 0.15) is 37.5 Å². The lowest BCUT2D eigenvalue weighted by atomic mass is 10.0. The Balaban J connectivity index is 2.41. The zero-order valence-electron chi connectivity index (χ0n) is 12.2. The van der Waals surface area contributed by atoms with Gasteiger partial charge in [0.05, 0.1) is 6.20 Å². The SMILES string of the molecule is CCc1cc(CC)c([I+]c2ccc(Br)nc2)c(CC)c1. The largest absolute Gasteiger partial charge is 0.360 e. The lowest BCUT2D eigenvalue weighted by molar-refractivity contribution is -0.599. The molecule has 0 atom stereocenters. The third-order valence-electron chi connectivity index (χ3n) is 3.35. The van der Waals surface area contributed by atoms with E-state index in [2.05, 4.69) is 59.9 Å². The maximum absolute atomic E-state index is 4.36. The van der Waals surface area contributed by atoms with Crippen LogP contribution in [-0.4, -0.2) is 4.98 Å². The highest BCUT2D eigenvalue weighted by molar-refractivity contribution is 9.10. The van der Waals surface area contributed by atoms with Crippen LogP contribution < -0.4 is 21.2 Å². The maximum Gasteiger partial charge on any atom is 0.360 e. The summed E-state index contributed by atoms with van der Waals surface area (Å²) in [5.41, 5.74) is 4.55. The summed E-state index contributed by atoms with van der Waals surface area (Å²) in [6, 6.07) is 9.06. The van der Waals surface area contributed by atoms with Crippen molar-refractivity contribution in [1.29, 1.82) is 0 Å². The van der Waals surface area contributed by atoms with Crippen molar-refractivity contribution in [1.82, 2.24) is 4.98 Å². The van der Waals surface area contributed by atoms with E-state index in [0.717, 1.165) is 23.9 Å². The molecule has 1 heterocycles. The molecule has 0 aliphatic rings. The fraction of sp³-hybridized carbons (Fsp3) is 0.353. The molecule has 0 spiro atoms. The molecule has 2 rings (SSSR count). The molecule has 0 amide bonds. The third kappa shape index (κ3) is 3.82. The van der Waals surface area contributed by atoms with Gasteiger partial charge in [-0.3, -0.25) is 0 Å². The molecule has 1 nitrogen and oxygen atoms in total. The molecular formula is C17H20BrIN+. The number of hydrogen-bond acceptors (Lipinski definition) is 1. The molecule has 1 aromatic carbocycles. The average molecular weight is 445 g/mol. The van der Waals surface area contributed by atoms with Crippen LogP contribution in [0.3, 0.4) is 0 Å². The molecule has 0 unspecified atom stereocenters. The minimum atomic E-state index is -0.142. The monoisotopic (exact) mass is 444 g/mol. The van der Waals surface area contributed by atoms with Gasteiger partial charge >= 0.3 is 21.2 Å². The van der Waals surface area contributed by atoms with E-state index < -0.39 is 0 Å². The Hall–Kier alpha value is -0.420. The molecule has 0 bridgehead atoms. The quantitative estimate of drug-likeness (QED) is 0.505. The first-order valence-electron chi connectivity index (χ1n) is 7.08. The third-order valence-corrected chi connectivity index (χ3v) is 7.00. The van der Waals surface area contributed by atoms with Gasteiger partial charge in [-0.15, -0.1) is 0 Å². The van der Waals surface area contributed by atoms with Gasteiger partial charge in [-0.05, 0) is 52.9 Å². The van der Waals surface area contributed by atoms with Crippen LogP contribution in [-0.2, 0) is 19.3 Å². The number of hydrogen-bond donors (Lipinski definition) is 0. The van der Waals surface area contributed by atoms with Crippen molar-refractivity contribution in [2.24, 2.45) is 0 Å². The normalized spacial score (nSPS) is 10.8. The molecule has 0 saturated heterocycles. The summed E-state index contributed by atoms with van der Waals surface area (Å²) in [6.45, 7) is 6.77. The number of halogens is 2.